The van der Waals surface area contributed by atoms with Crippen molar-refractivity contribution in [2.45, 2.75) is 63.2 Å². The van der Waals surface area contributed by atoms with E-state index in [-0.39, 0.29) is 24.4 Å². The van der Waals surface area contributed by atoms with Gasteiger partial charge in [0.2, 0.25) is 15.9 Å². The molecule has 1 fully saturated rings. The predicted octanol–water partition coefficient (Wildman–Crippen LogP) is 4.41. The molecular formula is C27H30ClN3O5S. The van der Waals surface area contributed by atoms with Gasteiger partial charge in [0.1, 0.15) is 17.7 Å². The Morgan fingerprint density at radius 2 is 1.78 bits per heavy atom. The summed E-state index contributed by atoms with van der Waals surface area (Å²) in [6.07, 6.45) is 3.40. The van der Waals surface area contributed by atoms with E-state index in [1.807, 2.05) is 0 Å². The Morgan fingerprint density at radius 1 is 1.14 bits per heavy atom. The van der Waals surface area contributed by atoms with Crippen molar-refractivity contribution in [1.29, 1.82) is 0 Å². The number of hydrogen-bond acceptors (Lipinski definition) is 6. The standard InChI is InChI=1S/C27H30ClN3O5S/c1-18(26(33)36-27(2,3)4)30-14-11-24(25(30)32)31(17-19-9-12-29-13-10-19)37(34,35)23-8-6-20-15-22(28)7-5-21(20)16-23/h5-10,12-13,15-16,18,24H,11,14,17H2,1-4H3/t18-,24-/m0/s1. The van der Waals surface area contributed by atoms with Gasteiger partial charge in [-0.1, -0.05) is 23.7 Å². The lowest BCUT2D eigenvalue weighted by atomic mass is 10.1. The van der Waals surface area contributed by atoms with E-state index in [4.69, 9.17) is 16.3 Å². The molecule has 196 valence electrons. The highest BCUT2D eigenvalue weighted by Gasteiger charge is 2.45. The fourth-order valence-electron chi connectivity index (χ4n) is 4.37. The van der Waals surface area contributed by atoms with Crippen LogP contribution in [-0.4, -0.2) is 58.7 Å². The Morgan fingerprint density at radius 3 is 2.46 bits per heavy atom. The van der Waals surface area contributed by atoms with Crippen LogP contribution in [0.5, 0.6) is 0 Å². The van der Waals surface area contributed by atoms with E-state index in [1.165, 1.54) is 15.3 Å². The number of nitrogens with zero attached hydrogens (tertiary/aromatic N) is 3. The van der Waals surface area contributed by atoms with Gasteiger partial charge >= 0.3 is 5.97 Å². The number of likely N-dealkylation sites (tertiary alicyclic amines) is 1. The van der Waals surface area contributed by atoms with E-state index in [1.54, 1.807) is 82.6 Å². The van der Waals surface area contributed by atoms with Crippen molar-refractivity contribution in [2.75, 3.05) is 6.54 Å². The minimum absolute atomic E-state index is 0.0193. The summed E-state index contributed by atoms with van der Waals surface area (Å²) < 4.78 is 34.7. The third-order valence-electron chi connectivity index (χ3n) is 6.24. The highest BCUT2D eigenvalue weighted by molar-refractivity contribution is 7.89. The number of aromatic nitrogens is 1. The normalized spacial score (nSPS) is 17.4. The van der Waals surface area contributed by atoms with Gasteiger partial charge in [0.25, 0.3) is 0 Å². The number of benzene rings is 2. The Labute approximate surface area is 222 Å². The number of sulfonamides is 1. The first kappa shape index (κ1) is 27.0. The molecule has 0 aliphatic carbocycles. The molecule has 0 spiro atoms. The quantitative estimate of drug-likeness (QED) is 0.409. The number of esters is 1. The second-order valence-corrected chi connectivity index (χ2v) is 12.4. The van der Waals surface area contributed by atoms with Crippen molar-refractivity contribution in [3.63, 3.8) is 0 Å². The number of carbonyl (C=O) groups excluding carboxylic acids is 2. The molecule has 4 rings (SSSR count). The number of pyridine rings is 1. The SMILES string of the molecule is C[C@@H](C(=O)OC(C)(C)C)N1CC[C@H](N(Cc2ccncc2)S(=O)(=O)c2ccc3cc(Cl)ccc3c2)C1=O. The Hall–Kier alpha value is -3.01. The Balaban J connectivity index is 1.68. The molecule has 2 atom stereocenters. The van der Waals surface area contributed by atoms with Crippen LogP contribution in [0.1, 0.15) is 39.7 Å². The third-order valence-corrected chi connectivity index (χ3v) is 8.33. The van der Waals surface area contributed by atoms with Gasteiger partial charge in [0.05, 0.1) is 4.90 Å². The first-order valence-electron chi connectivity index (χ1n) is 12.0. The number of ether oxygens (including phenoxy) is 1. The fraction of sp³-hybridized carbons (Fsp3) is 0.370. The highest BCUT2D eigenvalue weighted by atomic mass is 35.5. The first-order chi connectivity index (χ1) is 17.4. The second kappa shape index (κ2) is 10.4. The van der Waals surface area contributed by atoms with Gasteiger partial charge in [-0.15, -0.1) is 0 Å². The fourth-order valence-corrected chi connectivity index (χ4v) is 6.19. The summed E-state index contributed by atoms with van der Waals surface area (Å²) in [4.78, 5) is 31.7. The minimum atomic E-state index is -4.10. The number of rotatable bonds is 7. The molecule has 0 radical (unpaired) electrons. The van der Waals surface area contributed by atoms with Crippen molar-refractivity contribution >= 4 is 44.3 Å². The van der Waals surface area contributed by atoms with Gasteiger partial charge in [-0.05, 0) is 86.8 Å². The lowest BCUT2D eigenvalue weighted by Crippen LogP contribution is -2.48. The zero-order chi connectivity index (χ0) is 27.0. The van der Waals surface area contributed by atoms with E-state index in [0.29, 0.717) is 16.0 Å². The molecule has 3 aromatic rings. The predicted molar refractivity (Wildman–Crippen MR) is 141 cm³/mol. The minimum Gasteiger partial charge on any atom is -0.458 e. The third kappa shape index (κ3) is 5.95. The molecule has 1 aliphatic rings. The van der Waals surface area contributed by atoms with Crippen molar-refractivity contribution in [3.05, 3.63) is 71.5 Å². The summed E-state index contributed by atoms with van der Waals surface area (Å²) in [7, 11) is -4.10. The largest absolute Gasteiger partial charge is 0.458 e. The van der Waals surface area contributed by atoms with E-state index in [2.05, 4.69) is 4.98 Å². The van der Waals surface area contributed by atoms with Gasteiger partial charge in [-0.25, -0.2) is 13.2 Å². The van der Waals surface area contributed by atoms with Gasteiger partial charge in [-0.2, -0.15) is 4.31 Å². The number of carbonyl (C=O) groups is 2. The second-order valence-electron chi connectivity index (χ2n) is 10.1. The molecule has 0 N–H and O–H groups in total. The number of hydrogen-bond donors (Lipinski definition) is 0. The summed E-state index contributed by atoms with van der Waals surface area (Å²) in [6, 6.07) is 11.6. The topological polar surface area (TPSA) is 96.9 Å². The van der Waals surface area contributed by atoms with Crippen LogP contribution in [0.2, 0.25) is 5.02 Å². The zero-order valence-corrected chi connectivity index (χ0v) is 22.8. The van der Waals surface area contributed by atoms with Crippen LogP contribution in [0.4, 0.5) is 0 Å². The summed E-state index contributed by atoms with van der Waals surface area (Å²) >= 11 is 6.08. The monoisotopic (exact) mass is 543 g/mol. The molecule has 2 heterocycles. The van der Waals surface area contributed by atoms with Gasteiger partial charge in [-0.3, -0.25) is 9.78 Å². The average Bonchev–Trinajstić information content (AvgIpc) is 3.21. The van der Waals surface area contributed by atoms with Crippen molar-refractivity contribution in [1.82, 2.24) is 14.2 Å². The van der Waals surface area contributed by atoms with Gasteiger partial charge in [0.15, 0.2) is 0 Å². The molecule has 8 nitrogen and oxygen atoms in total. The molecule has 37 heavy (non-hydrogen) atoms. The van der Waals surface area contributed by atoms with E-state index in [9.17, 15) is 18.0 Å². The zero-order valence-electron chi connectivity index (χ0n) is 21.2. The lowest BCUT2D eigenvalue weighted by Gasteiger charge is -2.30. The molecule has 1 amide bonds. The summed E-state index contributed by atoms with van der Waals surface area (Å²) in [5.74, 6) is -0.957. The van der Waals surface area contributed by atoms with Crippen LogP contribution in [0, 0.1) is 0 Å². The van der Waals surface area contributed by atoms with Crippen LogP contribution in [0.3, 0.4) is 0 Å². The highest BCUT2D eigenvalue weighted by Crippen LogP contribution is 2.30. The maximum atomic E-state index is 14.0. The van der Waals surface area contributed by atoms with Crippen LogP contribution in [-0.2, 0) is 30.9 Å². The first-order valence-corrected chi connectivity index (χ1v) is 13.8. The van der Waals surface area contributed by atoms with Crippen LogP contribution < -0.4 is 0 Å². The van der Waals surface area contributed by atoms with Crippen LogP contribution in [0.15, 0.2) is 65.8 Å². The van der Waals surface area contributed by atoms with Gasteiger partial charge in [0, 0.05) is 30.5 Å². The van der Waals surface area contributed by atoms with E-state index < -0.39 is 39.6 Å². The van der Waals surface area contributed by atoms with E-state index in [0.717, 1.165) is 5.39 Å². The molecule has 0 saturated carbocycles. The molecule has 0 unspecified atom stereocenters. The number of amides is 1. The molecule has 10 heteroatoms. The average molecular weight is 544 g/mol. The molecule has 1 saturated heterocycles. The smallest absolute Gasteiger partial charge is 0.329 e. The van der Waals surface area contributed by atoms with Crippen molar-refractivity contribution in [2.24, 2.45) is 0 Å². The number of fused-ring (bicyclic) bond motifs is 1. The maximum Gasteiger partial charge on any atom is 0.329 e. The molecule has 0 bridgehead atoms. The van der Waals surface area contributed by atoms with Crippen LogP contribution >= 0.6 is 11.6 Å². The Kier molecular flexibility index (Phi) is 7.60. The summed E-state index contributed by atoms with van der Waals surface area (Å²) in [5.41, 5.74) is -0.0116. The molecule has 2 aromatic carbocycles. The Bertz CT molecular complexity index is 1420. The lowest BCUT2D eigenvalue weighted by molar-refractivity contribution is -0.163. The number of halogens is 1. The summed E-state index contributed by atoms with van der Waals surface area (Å²) in [5, 5.41) is 2.08. The molecular weight excluding hydrogens is 514 g/mol. The van der Waals surface area contributed by atoms with Crippen LogP contribution in [0.25, 0.3) is 10.8 Å². The van der Waals surface area contributed by atoms with Crippen molar-refractivity contribution < 1.29 is 22.7 Å². The van der Waals surface area contributed by atoms with Crippen molar-refractivity contribution in [3.8, 4) is 0 Å². The molecule has 1 aromatic heterocycles. The molecule has 1 aliphatic heterocycles. The van der Waals surface area contributed by atoms with E-state index >= 15 is 0 Å². The van der Waals surface area contributed by atoms with Gasteiger partial charge < -0.3 is 9.64 Å². The summed E-state index contributed by atoms with van der Waals surface area (Å²) in [6.45, 7) is 7.09. The maximum absolute atomic E-state index is 14.0.